The average Bonchev–Trinajstić information content (AvgIpc) is 2.05. The van der Waals surface area contributed by atoms with Gasteiger partial charge in [-0.3, -0.25) is 4.79 Å². The van der Waals surface area contributed by atoms with Gasteiger partial charge in [-0.25, -0.2) is 0 Å². The van der Waals surface area contributed by atoms with Crippen molar-refractivity contribution in [3.63, 3.8) is 0 Å². The summed E-state index contributed by atoms with van der Waals surface area (Å²) in [6.07, 6.45) is 5.33. The molecule has 0 aromatic carbocycles. The van der Waals surface area contributed by atoms with Gasteiger partial charge in [0.05, 0.1) is 5.92 Å². The first-order valence-electron chi connectivity index (χ1n) is 5.34. The molecule has 0 saturated heterocycles. The lowest BCUT2D eigenvalue weighted by atomic mass is 9.83. The highest BCUT2D eigenvalue weighted by Crippen LogP contribution is 2.28. The standard InChI is InChI=1S/C8H14O2.C3H8/c1-6-3-2-4-7(5-6)8(9)10;1-3-2/h6-7H,2-5H2,1H3,(H,9,10);3H2,1-2H3. The predicted molar refractivity (Wildman–Crippen MR) is 54.7 cm³/mol. The van der Waals surface area contributed by atoms with E-state index in [0.29, 0.717) is 5.92 Å². The van der Waals surface area contributed by atoms with Crippen molar-refractivity contribution in [1.82, 2.24) is 0 Å². The van der Waals surface area contributed by atoms with Gasteiger partial charge in [-0.2, -0.15) is 0 Å². The third-order valence-corrected chi connectivity index (χ3v) is 2.29. The Labute approximate surface area is 81.3 Å². The second-order valence-corrected chi connectivity index (χ2v) is 4.01. The van der Waals surface area contributed by atoms with E-state index in [1.54, 1.807) is 0 Å². The summed E-state index contributed by atoms with van der Waals surface area (Å²) in [5, 5.41) is 8.66. The summed E-state index contributed by atoms with van der Waals surface area (Å²) in [7, 11) is 0. The van der Waals surface area contributed by atoms with Crippen molar-refractivity contribution in [1.29, 1.82) is 0 Å². The Balaban J connectivity index is 0.000000424. The van der Waals surface area contributed by atoms with Gasteiger partial charge in [-0.15, -0.1) is 0 Å². The van der Waals surface area contributed by atoms with Crippen LogP contribution in [0.4, 0.5) is 0 Å². The van der Waals surface area contributed by atoms with Gasteiger partial charge in [0.1, 0.15) is 0 Å². The van der Waals surface area contributed by atoms with Gasteiger partial charge in [0.2, 0.25) is 0 Å². The number of carboxylic acid groups (broad SMARTS) is 1. The lowest BCUT2D eigenvalue weighted by Gasteiger charge is -2.22. The highest BCUT2D eigenvalue weighted by Gasteiger charge is 2.23. The molecule has 0 aromatic rings. The Morgan fingerprint density at radius 3 is 2.23 bits per heavy atom. The largest absolute Gasteiger partial charge is 0.481 e. The smallest absolute Gasteiger partial charge is 0.306 e. The van der Waals surface area contributed by atoms with Gasteiger partial charge in [-0.05, 0) is 18.8 Å². The molecule has 0 spiro atoms. The zero-order valence-electron chi connectivity index (χ0n) is 9.05. The van der Waals surface area contributed by atoms with Crippen LogP contribution in [0.1, 0.15) is 52.9 Å². The van der Waals surface area contributed by atoms with Gasteiger partial charge in [-0.1, -0.05) is 40.0 Å². The van der Waals surface area contributed by atoms with Gasteiger partial charge in [0.25, 0.3) is 0 Å². The van der Waals surface area contributed by atoms with Crippen molar-refractivity contribution in [3.8, 4) is 0 Å². The number of carbonyl (C=O) groups is 1. The number of hydrogen-bond donors (Lipinski definition) is 1. The molecule has 13 heavy (non-hydrogen) atoms. The van der Waals surface area contributed by atoms with Gasteiger partial charge < -0.3 is 5.11 Å². The molecule has 1 aliphatic rings. The molecular formula is C11H22O2. The summed E-state index contributed by atoms with van der Waals surface area (Å²) in [4.78, 5) is 10.5. The fraction of sp³-hybridized carbons (Fsp3) is 0.909. The van der Waals surface area contributed by atoms with Crippen LogP contribution in [0, 0.1) is 11.8 Å². The number of rotatable bonds is 1. The van der Waals surface area contributed by atoms with E-state index in [4.69, 9.17) is 5.11 Å². The van der Waals surface area contributed by atoms with E-state index in [-0.39, 0.29) is 5.92 Å². The molecule has 2 heteroatoms. The molecule has 2 atom stereocenters. The van der Waals surface area contributed by atoms with Crippen molar-refractivity contribution >= 4 is 5.97 Å². The van der Waals surface area contributed by atoms with Crippen molar-refractivity contribution in [2.45, 2.75) is 52.9 Å². The van der Waals surface area contributed by atoms with E-state index >= 15 is 0 Å². The van der Waals surface area contributed by atoms with E-state index < -0.39 is 5.97 Å². The van der Waals surface area contributed by atoms with E-state index in [2.05, 4.69) is 20.8 Å². The minimum atomic E-state index is -0.605. The molecule has 1 fully saturated rings. The summed E-state index contributed by atoms with van der Waals surface area (Å²) >= 11 is 0. The Hall–Kier alpha value is -0.530. The summed E-state index contributed by atoms with van der Waals surface area (Å²) in [5.74, 6) is -0.0369. The Morgan fingerprint density at radius 2 is 1.92 bits per heavy atom. The van der Waals surface area contributed by atoms with E-state index in [1.807, 2.05) is 0 Å². The van der Waals surface area contributed by atoms with Crippen molar-refractivity contribution in [3.05, 3.63) is 0 Å². The first-order valence-corrected chi connectivity index (χ1v) is 5.34. The second kappa shape index (κ2) is 6.93. The normalized spacial score (nSPS) is 27.3. The second-order valence-electron chi connectivity index (χ2n) is 4.01. The maximum absolute atomic E-state index is 10.5. The van der Waals surface area contributed by atoms with Crippen molar-refractivity contribution < 1.29 is 9.90 Å². The van der Waals surface area contributed by atoms with Crippen LogP contribution >= 0.6 is 0 Å². The third kappa shape index (κ3) is 5.67. The molecule has 0 aromatic heterocycles. The van der Waals surface area contributed by atoms with Gasteiger partial charge in [0.15, 0.2) is 0 Å². The van der Waals surface area contributed by atoms with Crippen LogP contribution in [0.3, 0.4) is 0 Å². The van der Waals surface area contributed by atoms with Crippen LogP contribution in [0.15, 0.2) is 0 Å². The fourth-order valence-corrected chi connectivity index (χ4v) is 1.66. The summed E-state index contributed by atoms with van der Waals surface area (Å²) in [6.45, 7) is 6.38. The van der Waals surface area contributed by atoms with E-state index in [1.165, 1.54) is 12.8 Å². The van der Waals surface area contributed by atoms with Crippen LogP contribution in [0.25, 0.3) is 0 Å². The first kappa shape index (κ1) is 12.5. The third-order valence-electron chi connectivity index (χ3n) is 2.29. The van der Waals surface area contributed by atoms with Gasteiger partial charge >= 0.3 is 5.97 Å². The minimum absolute atomic E-state index is 0.0521. The number of hydrogen-bond acceptors (Lipinski definition) is 1. The summed E-state index contributed by atoms with van der Waals surface area (Å²) in [5.41, 5.74) is 0. The van der Waals surface area contributed by atoms with Crippen LogP contribution in [0.5, 0.6) is 0 Å². The average molecular weight is 186 g/mol. The molecule has 2 nitrogen and oxygen atoms in total. The quantitative estimate of drug-likeness (QED) is 0.682. The van der Waals surface area contributed by atoms with Crippen LogP contribution < -0.4 is 0 Å². The lowest BCUT2D eigenvalue weighted by Crippen LogP contribution is -2.20. The Kier molecular flexibility index (Phi) is 6.65. The van der Waals surface area contributed by atoms with Crippen LogP contribution in [0.2, 0.25) is 0 Å². The molecule has 0 aliphatic heterocycles. The topological polar surface area (TPSA) is 37.3 Å². The minimum Gasteiger partial charge on any atom is -0.481 e. The maximum Gasteiger partial charge on any atom is 0.306 e. The lowest BCUT2D eigenvalue weighted by molar-refractivity contribution is -0.143. The molecule has 0 amide bonds. The first-order chi connectivity index (χ1) is 6.11. The molecule has 1 saturated carbocycles. The number of carboxylic acids is 1. The fourth-order valence-electron chi connectivity index (χ4n) is 1.66. The molecular weight excluding hydrogens is 164 g/mol. The Bertz CT molecular complexity index is 143. The summed E-state index contributed by atoms with van der Waals surface area (Å²) < 4.78 is 0. The monoisotopic (exact) mass is 186 g/mol. The molecule has 0 radical (unpaired) electrons. The number of aliphatic carboxylic acids is 1. The zero-order valence-corrected chi connectivity index (χ0v) is 9.05. The zero-order chi connectivity index (χ0) is 10.3. The molecule has 2 unspecified atom stereocenters. The highest BCUT2D eigenvalue weighted by atomic mass is 16.4. The molecule has 78 valence electrons. The molecule has 1 rings (SSSR count). The van der Waals surface area contributed by atoms with Crippen molar-refractivity contribution in [2.24, 2.45) is 11.8 Å². The molecule has 1 aliphatic carbocycles. The van der Waals surface area contributed by atoms with E-state index in [0.717, 1.165) is 19.3 Å². The van der Waals surface area contributed by atoms with Gasteiger partial charge in [0, 0.05) is 0 Å². The van der Waals surface area contributed by atoms with Crippen LogP contribution in [-0.2, 0) is 4.79 Å². The summed E-state index contributed by atoms with van der Waals surface area (Å²) in [6, 6.07) is 0. The van der Waals surface area contributed by atoms with Crippen molar-refractivity contribution in [2.75, 3.05) is 0 Å². The Morgan fingerprint density at radius 1 is 1.38 bits per heavy atom. The van der Waals surface area contributed by atoms with Crippen LogP contribution in [-0.4, -0.2) is 11.1 Å². The highest BCUT2D eigenvalue weighted by molar-refractivity contribution is 5.70. The molecule has 0 heterocycles. The maximum atomic E-state index is 10.5. The SMILES string of the molecule is CC1CCCC(C(=O)O)C1.CCC. The van der Waals surface area contributed by atoms with E-state index in [9.17, 15) is 4.79 Å². The molecule has 1 N–H and O–H groups in total. The molecule has 0 bridgehead atoms. The predicted octanol–water partition coefficient (Wildman–Crippen LogP) is 3.31.